The zero-order chi connectivity index (χ0) is 19.1. The van der Waals surface area contributed by atoms with Crippen LogP contribution < -0.4 is 15.4 Å². The van der Waals surface area contributed by atoms with Gasteiger partial charge in [0.05, 0.1) is 12.2 Å². The highest BCUT2D eigenvalue weighted by Crippen LogP contribution is 2.19. The smallest absolute Gasteiger partial charge is 0.338 e. The second-order valence-corrected chi connectivity index (χ2v) is 6.02. The zero-order valence-electron chi connectivity index (χ0n) is 15.6. The number of anilines is 2. The Kier molecular flexibility index (Phi) is 6.71. The maximum atomic E-state index is 12.3. The Morgan fingerprint density at radius 2 is 1.88 bits per heavy atom. The van der Waals surface area contributed by atoms with Gasteiger partial charge < -0.3 is 20.1 Å². The van der Waals surface area contributed by atoms with Crippen LogP contribution in [0.1, 0.15) is 49.0 Å². The van der Waals surface area contributed by atoms with E-state index in [1.54, 1.807) is 50.2 Å². The Morgan fingerprint density at radius 3 is 2.50 bits per heavy atom. The quantitative estimate of drug-likeness (QED) is 0.567. The summed E-state index contributed by atoms with van der Waals surface area (Å²) in [6.07, 6.45) is 1.40. The molecule has 0 spiro atoms. The number of rotatable bonds is 8. The molecule has 2 N–H and O–H groups in total. The number of aromatic nitrogens is 3. The number of unbranched alkanes of at least 4 members (excludes halogenated alkanes) is 1. The lowest BCUT2D eigenvalue weighted by Gasteiger charge is -2.15. The summed E-state index contributed by atoms with van der Waals surface area (Å²) in [5, 5.41) is 0. The van der Waals surface area contributed by atoms with Crippen molar-refractivity contribution in [2.24, 2.45) is 0 Å². The number of ether oxygens (including phenoxy) is 2. The van der Waals surface area contributed by atoms with Gasteiger partial charge in [-0.15, -0.1) is 0 Å². The van der Waals surface area contributed by atoms with Gasteiger partial charge in [-0.2, -0.15) is 15.0 Å². The molecule has 1 aromatic carbocycles. The van der Waals surface area contributed by atoms with E-state index in [0.29, 0.717) is 23.9 Å². The number of hydrogen-bond donors (Lipinski definition) is 1. The molecular weight excluding hydrogens is 334 g/mol. The normalized spacial score (nSPS) is 11.7. The third-order valence-electron chi connectivity index (χ3n) is 3.56. The van der Waals surface area contributed by atoms with Gasteiger partial charge in [0.1, 0.15) is 5.75 Å². The molecule has 8 heteroatoms. The predicted octanol–water partition coefficient (Wildman–Crippen LogP) is 2.62. The fraction of sp³-hybridized carbons (Fsp3) is 0.444. The summed E-state index contributed by atoms with van der Waals surface area (Å²) >= 11 is 0. The Morgan fingerprint density at radius 1 is 1.19 bits per heavy atom. The van der Waals surface area contributed by atoms with Crippen LogP contribution >= 0.6 is 0 Å². The second-order valence-electron chi connectivity index (χ2n) is 6.02. The fourth-order valence-electron chi connectivity index (χ4n) is 2.08. The van der Waals surface area contributed by atoms with Crippen molar-refractivity contribution < 1.29 is 14.3 Å². The number of carbonyl (C=O) groups is 1. The van der Waals surface area contributed by atoms with E-state index in [2.05, 4.69) is 21.9 Å². The van der Waals surface area contributed by atoms with Crippen LogP contribution in [-0.2, 0) is 4.74 Å². The van der Waals surface area contributed by atoms with Crippen molar-refractivity contribution in [1.82, 2.24) is 15.0 Å². The first-order chi connectivity index (χ1) is 12.4. The van der Waals surface area contributed by atoms with E-state index in [1.165, 1.54) is 0 Å². The summed E-state index contributed by atoms with van der Waals surface area (Å²) in [5.41, 5.74) is 6.13. The molecule has 0 amide bonds. The van der Waals surface area contributed by atoms with Crippen LogP contribution in [0.15, 0.2) is 24.3 Å². The van der Waals surface area contributed by atoms with Crippen LogP contribution in [0.4, 0.5) is 11.9 Å². The fourth-order valence-corrected chi connectivity index (χ4v) is 2.08. The monoisotopic (exact) mass is 359 g/mol. The van der Waals surface area contributed by atoms with E-state index in [9.17, 15) is 4.79 Å². The van der Waals surface area contributed by atoms with E-state index in [-0.39, 0.29) is 5.95 Å². The van der Waals surface area contributed by atoms with Gasteiger partial charge in [0, 0.05) is 14.1 Å². The first-order valence-corrected chi connectivity index (χ1v) is 8.53. The Labute approximate surface area is 153 Å². The molecule has 1 aromatic heterocycles. The van der Waals surface area contributed by atoms with Crippen LogP contribution in [0.25, 0.3) is 0 Å². The van der Waals surface area contributed by atoms with Crippen molar-refractivity contribution >= 4 is 17.9 Å². The molecule has 0 saturated heterocycles. The van der Waals surface area contributed by atoms with Crippen LogP contribution in [0, 0.1) is 0 Å². The summed E-state index contributed by atoms with van der Waals surface area (Å²) in [6, 6.07) is 6.84. The number of carbonyl (C=O) groups excluding carboxylic acids is 1. The molecular formula is C18H25N5O3. The van der Waals surface area contributed by atoms with E-state index in [0.717, 1.165) is 18.6 Å². The average molecular weight is 359 g/mol. The minimum Gasteiger partial charge on any atom is -0.494 e. The lowest BCUT2D eigenvalue weighted by molar-refractivity contribution is 0.0319. The first kappa shape index (κ1) is 19.4. The lowest BCUT2D eigenvalue weighted by atomic mass is 10.2. The molecule has 0 aliphatic carbocycles. The zero-order valence-corrected chi connectivity index (χ0v) is 15.6. The standard InChI is InChI=1S/C18H25N5O3/c1-5-6-11-25-14-9-7-13(8-10-14)16(24)26-12(2)15-20-17(19)22-18(21-15)23(3)4/h7-10,12H,5-6,11H2,1-4H3,(H2,19,20,21,22)/t12-/m0/s1. The number of hydrogen-bond acceptors (Lipinski definition) is 8. The number of nitrogens with two attached hydrogens (primary N) is 1. The van der Waals surface area contributed by atoms with Crippen LogP contribution in [0.2, 0.25) is 0 Å². The van der Waals surface area contributed by atoms with Crippen LogP contribution in [0.5, 0.6) is 5.75 Å². The van der Waals surface area contributed by atoms with Crippen LogP contribution in [-0.4, -0.2) is 41.6 Å². The van der Waals surface area contributed by atoms with Crippen molar-refractivity contribution in [3.05, 3.63) is 35.7 Å². The maximum absolute atomic E-state index is 12.3. The Balaban J connectivity index is 2.02. The number of benzene rings is 1. The first-order valence-electron chi connectivity index (χ1n) is 8.53. The third-order valence-corrected chi connectivity index (χ3v) is 3.56. The molecule has 0 aliphatic heterocycles. The van der Waals surface area contributed by atoms with E-state index in [1.807, 2.05) is 0 Å². The van der Waals surface area contributed by atoms with Gasteiger partial charge in [0.2, 0.25) is 11.9 Å². The molecule has 1 atom stereocenters. The highest BCUT2D eigenvalue weighted by atomic mass is 16.5. The van der Waals surface area contributed by atoms with Gasteiger partial charge in [-0.3, -0.25) is 0 Å². The lowest BCUT2D eigenvalue weighted by Crippen LogP contribution is -2.18. The minimum absolute atomic E-state index is 0.0789. The molecule has 1 heterocycles. The van der Waals surface area contributed by atoms with E-state index >= 15 is 0 Å². The SMILES string of the molecule is CCCCOc1ccc(C(=O)O[C@@H](C)c2nc(N)nc(N(C)C)n2)cc1. The van der Waals surface area contributed by atoms with Crippen molar-refractivity contribution in [3.63, 3.8) is 0 Å². The summed E-state index contributed by atoms with van der Waals surface area (Å²) in [5.74, 6) is 1.04. The number of esters is 1. The van der Waals surface area contributed by atoms with Gasteiger partial charge in [-0.1, -0.05) is 13.3 Å². The number of nitrogens with zero attached hydrogens (tertiary/aromatic N) is 4. The molecule has 0 radical (unpaired) electrons. The maximum Gasteiger partial charge on any atom is 0.338 e. The van der Waals surface area contributed by atoms with Gasteiger partial charge in [0.25, 0.3) is 0 Å². The van der Waals surface area contributed by atoms with E-state index < -0.39 is 12.1 Å². The Bertz CT molecular complexity index is 734. The highest BCUT2D eigenvalue weighted by molar-refractivity contribution is 5.89. The summed E-state index contributed by atoms with van der Waals surface area (Å²) in [4.78, 5) is 26.4. The molecule has 0 saturated carbocycles. The van der Waals surface area contributed by atoms with Gasteiger partial charge in [-0.25, -0.2) is 4.79 Å². The van der Waals surface area contributed by atoms with E-state index in [4.69, 9.17) is 15.2 Å². The van der Waals surface area contributed by atoms with Crippen molar-refractivity contribution in [3.8, 4) is 5.75 Å². The molecule has 26 heavy (non-hydrogen) atoms. The molecule has 2 rings (SSSR count). The van der Waals surface area contributed by atoms with Gasteiger partial charge >= 0.3 is 5.97 Å². The molecule has 0 unspecified atom stereocenters. The summed E-state index contributed by atoms with van der Waals surface area (Å²) in [7, 11) is 3.58. The molecule has 8 nitrogen and oxygen atoms in total. The second kappa shape index (κ2) is 8.98. The van der Waals surface area contributed by atoms with Crippen molar-refractivity contribution in [2.45, 2.75) is 32.8 Å². The largest absolute Gasteiger partial charge is 0.494 e. The Hall–Kier alpha value is -2.90. The van der Waals surface area contributed by atoms with Crippen LogP contribution in [0.3, 0.4) is 0 Å². The predicted molar refractivity (Wildman–Crippen MR) is 99.2 cm³/mol. The molecule has 2 aromatic rings. The van der Waals surface area contributed by atoms with Gasteiger partial charge in [0.15, 0.2) is 11.9 Å². The molecule has 0 bridgehead atoms. The van der Waals surface area contributed by atoms with Crippen molar-refractivity contribution in [2.75, 3.05) is 31.3 Å². The van der Waals surface area contributed by atoms with Gasteiger partial charge in [-0.05, 0) is 37.6 Å². The molecule has 0 aliphatic rings. The topological polar surface area (TPSA) is 103 Å². The van der Waals surface area contributed by atoms with Crippen molar-refractivity contribution in [1.29, 1.82) is 0 Å². The molecule has 140 valence electrons. The number of nitrogen functional groups attached to an aromatic ring is 1. The summed E-state index contributed by atoms with van der Waals surface area (Å²) < 4.78 is 11.0. The molecule has 0 fully saturated rings. The third kappa shape index (κ3) is 5.30. The summed E-state index contributed by atoms with van der Waals surface area (Å²) in [6.45, 7) is 4.45. The highest BCUT2D eigenvalue weighted by Gasteiger charge is 2.18. The minimum atomic E-state index is -0.660. The average Bonchev–Trinajstić information content (AvgIpc) is 2.61.